The van der Waals surface area contributed by atoms with Crippen LogP contribution in [0.2, 0.25) is 5.02 Å². The lowest BCUT2D eigenvalue weighted by Crippen LogP contribution is -2.36. The Balaban J connectivity index is 2.58. The fourth-order valence-electron chi connectivity index (χ4n) is 1.03. The highest BCUT2D eigenvalue weighted by atomic mass is 35.5. The van der Waals surface area contributed by atoms with E-state index in [2.05, 4.69) is 5.32 Å². The Morgan fingerprint density at radius 2 is 2.40 bits per heavy atom. The van der Waals surface area contributed by atoms with Crippen LogP contribution in [-0.2, 0) is 0 Å². The minimum absolute atomic E-state index is 0.00813. The van der Waals surface area contributed by atoms with Gasteiger partial charge in [-0.1, -0.05) is 18.5 Å². The van der Waals surface area contributed by atoms with Crippen LogP contribution in [0.3, 0.4) is 0 Å². The quantitative estimate of drug-likeness (QED) is 0.856. The molecule has 0 aromatic carbocycles. The van der Waals surface area contributed by atoms with Crippen molar-refractivity contribution in [3.63, 3.8) is 0 Å². The molecular formula is C10H15ClN2OS. The van der Waals surface area contributed by atoms with Crippen molar-refractivity contribution in [2.45, 2.75) is 26.3 Å². The first kappa shape index (κ1) is 12.5. The number of carbonyl (C=O) groups excluding carboxylic acids is 1. The number of nitrogens with two attached hydrogens (primary N) is 1. The number of halogens is 1. The zero-order valence-electron chi connectivity index (χ0n) is 8.84. The molecular weight excluding hydrogens is 232 g/mol. The third-order valence-corrected chi connectivity index (χ3v) is 3.85. The molecule has 0 aliphatic heterocycles. The molecule has 0 bridgehead atoms. The van der Waals surface area contributed by atoms with Gasteiger partial charge in [-0.25, -0.2) is 0 Å². The second kappa shape index (κ2) is 5.49. The van der Waals surface area contributed by atoms with Gasteiger partial charge in [-0.3, -0.25) is 4.79 Å². The zero-order chi connectivity index (χ0) is 11.4. The average Bonchev–Trinajstić information content (AvgIpc) is 2.56. The summed E-state index contributed by atoms with van der Waals surface area (Å²) in [5, 5.41) is 5.18. The van der Waals surface area contributed by atoms with E-state index in [4.69, 9.17) is 17.3 Å². The van der Waals surface area contributed by atoms with Crippen molar-refractivity contribution in [2.75, 3.05) is 6.54 Å². The molecule has 1 aromatic rings. The lowest BCUT2D eigenvalue weighted by Gasteiger charge is -2.09. The summed E-state index contributed by atoms with van der Waals surface area (Å²) >= 11 is 7.33. The van der Waals surface area contributed by atoms with Crippen molar-refractivity contribution >= 4 is 28.8 Å². The van der Waals surface area contributed by atoms with Crippen LogP contribution >= 0.6 is 22.9 Å². The van der Waals surface area contributed by atoms with Gasteiger partial charge in [0.1, 0.15) is 4.88 Å². The average molecular weight is 247 g/mol. The number of rotatable bonds is 4. The van der Waals surface area contributed by atoms with E-state index in [0.29, 0.717) is 16.4 Å². The minimum atomic E-state index is -0.137. The third-order valence-electron chi connectivity index (χ3n) is 2.15. The maximum atomic E-state index is 11.7. The van der Waals surface area contributed by atoms with Gasteiger partial charge in [-0.05, 0) is 24.3 Å². The van der Waals surface area contributed by atoms with Crippen LogP contribution < -0.4 is 11.1 Å². The molecule has 0 aliphatic rings. The van der Waals surface area contributed by atoms with Gasteiger partial charge in [0.15, 0.2) is 0 Å². The summed E-state index contributed by atoms with van der Waals surface area (Å²) in [4.78, 5) is 12.2. The van der Waals surface area contributed by atoms with Crippen LogP contribution in [0, 0.1) is 6.92 Å². The highest BCUT2D eigenvalue weighted by molar-refractivity contribution is 7.13. The van der Waals surface area contributed by atoms with E-state index in [-0.39, 0.29) is 11.9 Å². The van der Waals surface area contributed by atoms with E-state index in [1.807, 2.05) is 19.2 Å². The van der Waals surface area contributed by atoms with Gasteiger partial charge in [-0.2, -0.15) is 0 Å². The van der Waals surface area contributed by atoms with Crippen molar-refractivity contribution in [2.24, 2.45) is 5.73 Å². The number of nitrogens with one attached hydrogen (secondary N) is 1. The number of carbonyl (C=O) groups is 1. The van der Waals surface area contributed by atoms with Gasteiger partial charge in [-0.15, -0.1) is 11.3 Å². The van der Waals surface area contributed by atoms with Crippen molar-refractivity contribution in [1.29, 1.82) is 0 Å². The molecule has 0 aliphatic carbocycles. The van der Waals surface area contributed by atoms with Crippen molar-refractivity contribution in [1.82, 2.24) is 5.32 Å². The SMILES string of the molecule is CCC(N)CNC(=O)c1scc(C)c1Cl. The summed E-state index contributed by atoms with van der Waals surface area (Å²) in [7, 11) is 0. The zero-order valence-corrected chi connectivity index (χ0v) is 10.4. The Kier molecular flexibility index (Phi) is 4.57. The highest BCUT2D eigenvalue weighted by Gasteiger charge is 2.14. The van der Waals surface area contributed by atoms with E-state index in [1.54, 1.807) is 0 Å². The molecule has 1 heterocycles. The summed E-state index contributed by atoms with van der Waals surface area (Å²) in [5.74, 6) is -0.137. The first-order valence-corrected chi connectivity index (χ1v) is 6.09. The van der Waals surface area contributed by atoms with Crippen LogP contribution in [0.15, 0.2) is 5.38 Å². The summed E-state index contributed by atoms with van der Waals surface area (Å²) < 4.78 is 0. The lowest BCUT2D eigenvalue weighted by atomic mass is 10.2. The second-order valence-corrected chi connectivity index (χ2v) is 4.70. The number of amides is 1. The lowest BCUT2D eigenvalue weighted by molar-refractivity contribution is 0.0955. The largest absolute Gasteiger partial charge is 0.350 e. The molecule has 84 valence electrons. The van der Waals surface area contributed by atoms with Crippen molar-refractivity contribution < 1.29 is 4.79 Å². The Labute approximate surface area is 98.6 Å². The molecule has 0 radical (unpaired) electrons. The summed E-state index contributed by atoms with van der Waals surface area (Å²) in [6.45, 7) is 4.36. The van der Waals surface area contributed by atoms with Crippen LogP contribution in [0.5, 0.6) is 0 Å². The van der Waals surface area contributed by atoms with Crippen molar-refractivity contribution in [3.05, 3.63) is 20.8 Å². The highest BCUT2D eigenvalue weighted by Crippen LogP contribution is 2.26. The molecule has 0 saturated carbocycles. The molecule has 5 heteroatoms. The van der Waals surface area contributed by atoms with Crippen LogP contribution in [0.4, 0.5) is 0 Å². The Hall–Kier alpha value is -0.580. The van der Waals surface area contributed by atoms with E-state index < -0.39 is 0 Å². The number of aryl methyl sites for hydroxylation is 1. The molecule has 3 N–H and O–H groups in total. The second-order valence-electron chi connectivity index (χ2n) is 3.44. The third kappa shape index (κ3) is 3.19. The fraction of sp³-hybridized carbons (Fsp3) is 0.500. The maximum Gasteiger partial charge on any atom is 0.262 e. The van der Waals surface area contributed by atoms with E-state index >= 15 is 0 Å². The van der Waals surface area contributed by atoms with Crippen LogP contribution in [-0.4, -0.2) is 18.5 Å². The Bertz CT molecular complexity index is 351. The monoisotopic (exact) mass is 246 g/mol. The maximum absolute atomic E-state index is 11.7. The van der Waals surface area contributed by atoms with Gasteiger partial charge in [0, 0.05) is 12.6 Å². The molecule has 0 saturated heterocycles. The molecule has 0 fully saturated rings. The summed E-state index contributed by atoms with van der Waals surface area (Å²) in [6.07, 6.45) is 0.845. The smallest absolute Gasteiger partial charge is 0.262 e. The number of thiophene rings is 1. The first-order valence-electron chi connectivity index (χ1n) is 4.83. The normalized spacial score (nSPS) is 12.5. The van der Waals surface area contributed by atoms with Gasteiger partial charge in [0.05, 0.1) is 5.02 Å². The van der Waals surface area contributed by atoms with E-state index in [0.717, 1.165) is 12.0 Å². The summed E-state index contributed by atoms with van der Waals surface area (Å²) in [6, 6.07) is 0.00813. The Morgan fingerprint density at radius 1 is 1.73 bits per heavy atom. The van der Waals surface area contributed by atoms with Gasteiger partial charge in [0.25, 0.3) is 5.91 Å². The fourth-order valence-corrected chi connectivity index (χ4v) is 2.23. The predicted octanol–water partition coefficient (Wildman–Crippen LogP) is 2.18. The molecule has 1 aromatic heterocycles. The van der Waals surface area contributed by atoms with Crippen LogP contribution in [0.1, 0.15) is 28.6 Å². The number of hydrogen-bond acceptors (Lipinski definition) is 3. The molecule has 1 rings (SSSR count). The van der Waals surface area contributed by atoms with Crippen LogP contribution in [0.25, 0.3) is 0 Å². The van der Waals surface area contributed by atoms with Gasteiger partial charge >= 0.3 is 0 Å². The molecule has 1 unspecified atom stereocenters. The summed E-state index contributed by atoms with van der Waals surface area (Å²) in [5.41, 5.74) is 6.63. The van der Waals surface area contributed by atoms with Gasteiger partial charge < -0.3 is 11.1 Å². The standard InChI is InChI=1S/C10H15ClN2OS/c1-3-7(12)4-13-10(14)9-8(11)6(2)5-15-9/h5,7H,3-4,12H2,1-2H3,(H,13,14). The molecule has 15 heavy (non-hydrogen) atoms. The molecule has 1 amide bonds. The topological polar surface area (TPSA) is 55.1 Å². The number of hydrogen-bond donors (Lipinski definition) is 2. The molecule has 0 spiro atoms. The van der Waals surface area contributed by atoms with Crippen molar-refractivity contribution in [3.8, 4) is 0 Å². The molecule has 1 atom stereocenters. The minimum Gasteiger partial charge on any atom is -0.350 e. The van der Waals surface area contributed by atoms with E-state index in [9.17, 15) is 4.79 Å². The van der Waals surface area contributed by atoms with E-state index in [1.165, 1.54) is 11.3 Å². The van der Waals surface area contributed by atoms with Gasteiger partial charge in [0.2, 0.25) is 0 Å². The first-order chi connectivity index (χ1) is 7.06. The predicted molar refractivity (Wildman–Crippen MR) is 64.7 cm³/mol. The Morgan fingerprint density at radius 3 is 2.87 bits per heavy atom. The molecule has 3 nitrogen and oxygen atoms in total.